The van der Waals surface area contributed by atoms with Gasteiger partial charge in [0.1, 0.15) is 17.2 Å². The van der Waals surface area contributed by atoms with Crippen molar-refractivity contribution in [2.45, 2.75) is 44.8 Å². The first-order chi connectivity index (χ1) is 22.7. The van der Waals surface area contributed by atoms with Crippen LogP contribution in [0, 0.1) is 17.6 Å². The number of halogens is 3. The van der Waals surface area contributed by atoms with Gasteiger partial charge in [-0.1, -0.05) is 127 Å². The molecule has 1 aliphatic rings. The molecule has 0 saturated carbocycles. The van der Waals surface area contributed by atoms with Crippen molar-refractivity contribution in [2.75, 3.05) is 6.54 Å². The first-order valence-corrected chi connectivity index (χ1v) is 16.8. The van der Waals surface area contributed by atoms with Gasteiger partial charge in [0.05, 0.1) is 11.6 Å². The molecule has 0 radical (unpaired) electrons. The average Bonchev–Trinajstić information content (AvgIpc) is 3.40. The van der Waals surface area contributed by atoms with Gasteiger partial charge in [-0.15, -0.1) is 0 Å². The molecule has 47 heavy (non-hydrogen) atoms. The molecule has 0 amide bonds. The van der Waals surface area contributed by atoms with Gasteiger partial charge in [-0.05, 0) is 59.7 Å². The summed E-state index contributed by atoms with van der Waals surface area (Å²) in [6.07, 6.45) is 0.553. The average molecular weight is 694 g/mol. The minimum absolute atomic E-state index is 0.00465. The fourth-order valence-electron chi connectivity index (χ4n) is 7.55. The topological polar surface area (TPSA) is 38.4 Å². The maximum atomic E-state index is 15.8. The lowest BCUT2D eigenvalue weighted by molar-refractivity contribution is 0.128. The standard InChI is InChI=1S/C40H35BrF2N2O2/c1-25(2)24-44-26(3)21-32-31(37(44)36-33(42)22-30(41)23-34(36)43)19-20-35-38(32)47-39(46)45(35)40(27-13-7-4-8-14-27,28-15-9-5-10-16-28)29-17-11-6-12-18-29/h4-20,22-23,25-26,37H,21,24H2,1-3H3/t26-,37+/m1/s1. The number of oxazole rings is 1. The summed E-state index contributed by atoms with van der Waals surface area (Å²) in [5.41, 5.74) is 4.20. The monoisotopic (exact) mass is 692 g/mol. The second-order valence-electron chi connectivity index (χ2n) is 12.8. The molecule has 2 heterocycles. The molecule has 0 aliphatic carbocycles. The molecule has 5 aromatic carbocycles. The van der Waals surface area contributed by atoms with Gasteiger partial charge in [0, 0.05) is 28.2 Å². The molecule has 0 unspecified atom stereocenters. The van der Waals surface area contributed by atoms with Gasteiger partial charge in [-0.3, -0.25) is 9.47 Å². The SMILES string of the molecule is CC(C)CN1[C@H](c2c(F)cc(Br)cc2F)c2ccc3c(oc(=O)n3C(c3ccccc3)(c3ccccc3)c3ccccc3)c2C[C@H]1C. The van der Waals surface area contributed by atoms with Crippen molar-refractivity contribution >= 4 is 27.0 Å². The molecule has 2 atom stereocenters. The van der Waals surface area contributed by atoms with Crippen LogP contribution >= 0.6 is 15.9 Å². The van der Waals surface area contributed by atoms with Crippen molar-refractivity contribution < 1.29 is 13.2 Å². The van der Waals surface area contributed by atoms with Gasteiger partial charge in [0.15, 0.2) is 5.58 Å². The summed E-state index contributed by atoms with van der Waals surface area (Å²) in [6.45, 7) is 6.92. The van der Waals surface area contributed by atoms with Crippen LogP contribution < -0.4 is 5.76 Å². The minimum atomic E-state index is -1.08. The Morgan fingerprint density at radius 1 is 0.830 bits per heavy atom. The third-order valence-electron chi connectivity index (χ3n) is 9.38. The Morgan fingerprint density at radius 3 is 1.83 bits per heavy atom. The van der Waals surface area contributed by atoms with Gasteiger partial charge in [-0.2, -0.15) is 0 Å². The maximum Gasteiger partial charge on any atom is 0.421 e. The summed E-state index contributed by atoms with van der Waals surface area (Å²) in [5, 5.41) is 0. The molecule has 0 bridgehead atoms. The fourth-order valence-corrected chi connectivity index (χ4v) is 7.95. The largest absolute Gasteiger partial charge is 0.421 e. The zero-order valence-electron chi connectivity index (χ0n) is 26.5. The zero-order chi connectivity index (χ0) is 32.9. The summed E-state index contributed by atoms with van der Waals surface area (Å²) >= 11 is 3.24. The van der Waals surface area contributed by atoms with Crippen molar-refractivity contribution in [2.24, 2.45) is 5.92 Å². The van der Waals surface area contributed by atoms with Crippen molar-refractivity contribution in [3.8, 4) is 0 Å². The molecule has 7 heteroatoms. The molecule has 0 fully saturated rings. The Kier molecular flexibility index (Phi) is 8.23. The van der Waals surface area contributed by atoms with Gasteiger partial charge >= 0.3 is 5.76 Å². The normalized spacial score (nSPS) is 16.9. The van der Waals surface area contributed by atoms with Gasteiger partial charge in [0.2, 0.25) is 0 Å². The van der Waals surface area contributed by atoms with Gasteiger partial charge in [0.25, 0.3) is 0 Å². The highest BCUT2D eigenvalue weighted by Crippen LogP contribution is 2.46. The van der Waals surface area contributed by atoms with Gasteiger partial charge < -0.3 is 4.42 Å². The number of benzene rings is 5. The van der Waals surface area contributed by atoms with E-state index >= 15 is 8.78 Å². The molecule has 1 aliphatic heterocycles. The smallest absolute Gasteiger partial charge is 0.407 e. The highest BCUT2D eigenvalue weighted by molar-refractivity contribution is 9.10. The van der Waals surface area contributed by atoms with Crippen LogP contribution in [0.25, 0.3) is 11.1 Å². The van der Waals surface area contributed by atoms with Crippen LogP contribution in [0.4, 0.5) is 8.78 Å². The van der Waals surface area contributed by atoms with Crippen molar-refractivity contribution in [3.05, 3.63) is 175 Å². The molecule has 0 N–H and O–H groups in total. The van der Waals surface area contributed by atoms with E-state index in [0.29, 0.717) is 28.5 Å². The number of hydrogen-bond donors (Lipinski definition) is 0. The lowest BCUT2D eigenvalue weighted by Crippen LogP contribution is -2.45. The molecule has 0 saturated heterocycles. The van der Waals surface area contributed by atoms with Gasteiger partial charge in [-0.25, -0.2) is 13.6 Å². The van der Waals surface area contributed by atoms with E-state index in [4.69, 9.17) is 4.42 Å². The Bertz CT molecular complexity index is 1990. The van der Waals surface area contributed by atoms with E-state index in [1.165, 1.54) is 12.1 Å². The van der Waals surface area contributed by atoms with Crippen LogP contribution in [0.2, 0.25) is 0 Å². The highest BCUT2D eigenvalue weighted by atomic mass is 79.9. The molecular formula is C40H35BrF2N2O2. The quantitative estimate of drug-likeness (QED) is 0.157. The lowest BCUT2D eigenvalue weighted by Gasteiger charge is -2.43. The summed E-state index contributed by atoms with van der Waals surface area (Å²) < 4.78 is 39.9. The Labute approximate surface area is 281 Å². The fraction of sp³-hybridized carbons (Fsp3) is 0.225. The second-order valence-corrected chi connectivity index (χ2v) is 13.7. The predicted octanol–water partition coefficient (Wildman–Crippen LogP) is 9.47. The number of hydrogen-bond acceptors (Lipinski definition) is 3. The molecule has 0 spiro atoms. The van der Waals surface area contributed by atoms with Crippen LogP contribution in [0.15, 0.2) is 129 Å². The van der Waals surface area contributed by atoms with E-state index in [0.717, 1.165) is 27.8 Å². The predicted molar refractivity (Wildman–Crippen MR) is 186 cm³/mol. The number of nitrogens with zero attached hydrogens (tertiary/aromatic N) is 2. The minimum Gasteiger partial charge on any atom is -0.407 e. The molecule has 238 valence electrons. The molecule has 6 aromatic rings. The molecular weight excluding hydrogens is 658 g/mol. The molecule has 1 aromatic heterocycles. The summed E-state index contributed by atoms with van der Waals surface area (Å²) in [4.78, 5) is 16.6. The highest BCUT2D eigenvalue weighted by Gasteiger charge is 2.44. The van der Waals surface area contributed by atoms with E-state index in [2.05, 4.69) is 41.6 Å². The number of fused-ring (bicyclic) bond motifs is 3. The zero-order valence-corrected chi connectivity index (χ0v) is 28.0. The molecule has 7 rings (SSSR count). The number of aromatic nitrogens is 1. The van der Waals surface area contributed by atoms with Crippen LogP contribution in [-0.4, -0.2) is 22.1 Å². The lowest BCUT2D eigenvalue weighted by atomic mass is 9.76. The van der Waals surface area contributed by atoms with Crippen LogP contribution in [0.3, 0.4) is 0 Å². The van der Waals surface area contributed by atoms with E-state index in [9.17, 15) is 4.79 Å². The third-order valence-corrected chi connectivity index (χ3v) is 9.84. The van der Waals surface area contributed by atoms with Crippen molar-refractivity contribution in [1.29, 1.82) is 0 Å². The van der Waals surface area contributed by atoms with E-state index in [1.54, 1.807) is 4.57 Å². The summed E-state index contributed by atoms with van der Waals surface area (Å²) in [6, 6.07) is 35.6. The Balaban J connectivity index is 1.56. The van der Waals surface area contributed by atoms with E-state index in [1.807, 2.05) is 103 Å². The van der Waals surface area contributed by atoms with Crippen molar-refractivity contribution in [1.82, 2.24) is 9.47 Å². The van der Waals surface area contributed by atoms with E-state index in [-0.39, 0.29) is 17.5 Å². The van der Waals surface area contributed by atoms with E-state index < -0.39 is 29.0 Å². The van der Waals surface area contributed by atoms with Crippen LogP contribution in [0.5, 0.6) is 0 Å². The van der Waals surface area contributed by atoms with Crippen molar-refractivity contribution in [3.63, 3.8) is 0 Å². The summed E-state index contributed by atoms with van der Waals surface area (Å²) in [5.74, 6) is -1.49. The Hall–Kier alpha value is -4.33. The maximum absolute atomic E-state index is 15.8. The first-order valence-electron chi connectivity index (χ1n) is 16.0. The second kappa shape index (κ2) is 12.4. The number of rotatable bonds is 7. The van der Waals surface area contributed by atoms with Crippen LogP contribution in [0.1, 0.15) is 60.2 Å². The Morgan fingerprint density at radius 2 is 1.34 bits per heavy atom. The van der Waals surface area contributed by atoms with Crippen LogP contribution in [-0.2, 0) is 12.0 Å². The summed E-state index contributed by atoms with van der Waals surface area (Å²) in [7, 11) is 0. The third kappa shape index (κ3) is 5.17. The molecule has 4 nitrogen and oxygen atoms in total. The first kappa shape index (κ1) is 31.3.